The molecule has 0 bridgehead atoms. The topological polar surface area (TPSA) is 134 Å². The summed E-state index contributed by atoms with van der Waals surface area (Å²) >= 11 is 2.80. The lowest BCUT2D eigenvalue weighted by molar-refractivity contribution is -0.647. The van der Waals surface area contributed by atoms with Gasteiger partial charge in [-0.15, -0.1) is 0 Å². The van der Waals surface area contributed by atoms with E-state index >= 15 is 0 Å². The van der Waals surface area contributed by atoms with Crippen LogP contribution in [0.25, 0.3) is 37.8 Å². The lowest BCUT2D eigenvalue weighted by atomic mass is 10.1. The van der Waals surface area contributed by atoms with E-state index in [0.717, 1.165) is 49.2 Å². The number of fused-ring (bicyclic) bond motifs is 6. The standard InChI is InChI=1S/C31H28N3O6PS3/c1-3-21(16-28-33(18-41(36,37)38)30-24-10-6-4-8-22(24)12-14-26(30)42-28)17-29-34(19-44(39,40)32-20(2)35)31-25-11-7-5-9-23(25)13-15-27(31)43-29/h4-17H,3,18-19H2,1-2H3,(H2-,32,35,36,37,38)/p-1. The number of hydrogen-bond donors (Lipinski definition) is 1. The van der Waals surface area contributed by atoms with Gasteiger partial charge in [-0.3, -0.25) is 4.79 Å². The minimum Gasteiger partial charge on any atom is -0.809 e. The van der Waals surface area contributed by atoms with Crippen molar-refractivity contribution in [1.29, 1.82) is 0 Å². The quantitative estimate of drug-likeness (QED) is 0.180. The molecule has 1 amide bonds. The molecule has 6 rings (SSSR count). The molecular formula is C31H27N3O6PS3-. The summed E-state index contributed by atoms with van der Waals surface area (Å²) in [6.07, 6.45) is 3.57. The van der Waals surface area contributed by atoms with Gasteiger partial charge in [0.1, 0.15) is 4.70 Å². The van der Waals surface area contributed by atoms with Gasteiger partial charge in [0.2, 0.25) is 11.4 Å². The fourth-order valence-electron chi connectivity index (χ4n) is 5.39. The van der Waals surface area contributed by atoms with Crippen LogP contribution in [-0.2, 0) is 25.3 Å². The maximum atomic E-state index is 13.0. The summed E-state index contributed by atoms with van der Waals surface area (Å²) in [4.78, 5) is 38.2. The number of carbonyl (C=O) groups excluding carboxylic acids is 1. The van der Waals surface area contributed by atoms with Crippen molar-refractivity contribution < 1.29 is 32.1 Å². The summed E-state index contributed by atoms with van der Waals surface area (Å²) in [6, 6.07) is 23.1. The Hall–Kier alpha value is -3.51. The van der Waals surface area contributed by atoms with Gasteiger partial charge >= 0.3 is 0 Å². The first-order chi connectivity index (χ1) is 20.9. The third kappa shape index (κ3) is 6.19. The Morgan fingerprint density at radius 1 is 1.00 bits per heavy atom. The van der Waals surface area contributed by atoms with E-state index < -0.39 is 35.7 Å². The van der Waals surface area contributed by atoms with Gasteiger partial charge in [-0.05, 0) is 54.6 Å². The third-order valence-electron chi connectivity index (χ3n) is 7.17. The van der Waals surface area contributed by atoms with Crippen LogP contribution in [0.2, 0.25) is 0 Å². The van der Waals surface area contributed by atoms with Gasteiger partial charge in [0, 0.05) is 23.3 Å². The zero-order valence-electron chi connectivity index (χ0n) is 23.7. The molecular weight excluding hydrogens is 638 g/mol. The molecule has 1 aliphatic heterocycles. The summed E-state index contributed by atoms with van der Waals surface area (Å²) in [5.74, 6) is -1.15. The number of benzene rings is 4. The van der Waals surface area contributed by atoms with Crippen LogP contribution in [0.4, 0.5) is 5.69 Å². The van der Waals surface area contributed by atoms with Crippen molar-refractivity contribution in [2.24, 2.45) is 0 Å². The second-order valence-corrected chi connectivity index (χ2v) is 15.7. The Morgan fingerprint density at radius 3 is 2.34 bits per heavy atom. The predicted molar refractivity (Wildman–Crippen MR) is 173 cm³/mol. The van der Waals surface area contributed by atoms with Gasteiger partial charge in [-0.1, -0.05) is 84.6 Å². The Kier molecular flexibility index (Phi) is 8.17. The van der Waals surface area contributed by atoms with Gasteiger partial charge < -0.3 is 19.3 Å². The lowest BCUT2D eigenvalue weighted by Gasteiger charge is -2.35. The molecule has 0 unspecified atom stereocenters. The van der Waals surface area contributed by atoms with Crippen LogP contribution in [0.15, 0.2) is 94.4 Å². The molecule has 0 fully saturated rings. The van der Waals surface area contributed by atoms with E-state index in [4.69, 9.17) is 0 Å². The maximum absolute atomic E-state index is 13.0. The highest BCUT2D eigenvalue weighted by Crippen LogP contribution is 2.52. The number of carbonyl (C=O) groups is 1. The van der Waals surface area contributed by atoms with E-state index in [9.17, 15) is 27.6 Å². The molecule has 4 aromatic carbocycles. The Bertz CT molecular complexity index is 2190. The molecule has 0 aliphatic carbocycles. The normalized spacial score (nSPS) is 15.0. The molecule has 0 saturated carbocycles. The summed E-state index contributed by atoms with van der Waals surface area (Å²) in [6.45, 7) is 3.10. The number of rotatable bonds is 8. The molecule has 44 heavy (non-hydrogen) atoms. The predicted octanol–water partition coefficient (Wildman–Crippen LogP) is 5.04. The fourth-order valence-corrected chi connectivity index (χ4v) is 9.63. The fraction of sp³-hybridized carbons (Fsp3) is 0.161. The molecule has 0 spiro atoms. The smallest absolute Gasteiger partial charge is 0.296 e. The monoisotopic (exact) mass is 664 g/mol. The average molecular weight is 665 g/mol. The molecule has 0 radical (unpaired) electrons. The van der Waals surface area contributed by atoms with Gasteiger partial charge in [0.05, 0.1) is 22.4 Å². The number of allylic oxidation sites excluding steroid dienone is 2. The number of thiazole rings is 1. The summed E-state index contributed by atoms with van der Waals surface area (Å²) < 4.78 is 42.7. The van der Waals surface area contributed by atoms with Crippen LogP contribution in [0, 0.1) is 0 Å². The van der Waals surface area contributed by atoms with Crippen molar-refractivity contribution in [1.82, 2.24) is 4.72 Å². The largest absolute Gasteiger partial charge is 0.809 e. The number of nitrogens with zero attached hydrogens (tertiary/aromatic N) is 2. The van der Waals surface area contributed by atoms with Crippen molar-refractivity contribution in [2.45, 2.75) is 31.0 Å². The van der Waals surface area contributed by atoms with Gasteiger partial charge in [0.25, 0.3) is 20.9 Å². The van der Waals surface area contributed by atoms with Crippen molar-refractivity contribution >= 4 is 90.1 Å². The van der Waals surface area contributed by atoms with Crippen LogP contribution >= 0.6 is 30.7 Å². The zero-order valence-corrected chi connectivity index (χ0v) is 27.1. The zero-order chi connectivity index (χ0) is 31.2. The Morgan fingerprint density at radius 2 is 1.66 bits per heavy atom. The minimum absolute atomic E-state index is 0.478. The summed E-state index contributed by atoms with van der Waals surface area (Å²) in [5.41, 5.74) is 2.19. The number of sulfonamides is 1. The van der Waals surface area contributed by atoms with Gasteiger partial charge in [-0.25, -0.2) is 4.72 Å². The number of anilines is 1. The van der Waals surface area contributed by atoms with E-state index in [-0.39, 0.29) is 0 Å². The van der Waals surface area contributed by atoms with Crippen molar-refractivity contribution in [3.8, 4) is 0 Å². The van der Waals surface area contributed by atoms with Gasteiger partial charge in [0.15, 0.2) is 0 Å². The molecule has 1 N–H and O–H groups in total. The van der Waals surface area contributed by atoms with Crippen LogP contribution in [0.5, 0.6) is 0 Å². The van der Waals surface area contributed by atoms with E-state index in [1.165, 1.54) is 23.1 Å². The average Bonchev–Trinajstić information content (AvgIpc) is 3.48. The Labute approximate surface area is 262 Å². The van der Waals surface area contributed by atoms with Crippen molar-refractivity contribution in [3.63, 3.8) is 0 Å². The highest BCUT2D eigenvalue weighted by Gasteiger charge is 2.30. The number of amides is 1. The van der Waals surface area contributed by atoms with Crippen LogP contribution < -0.4 is 24.0 Å². The van der Waals surface area contributed by atoms with Gasteiger partial charge in [-0.2, -0.15) is 13.0 Å². The molecule has 1 aliphatic rings. The first kappa shape index (κ1) is 30.5. The maximum Gasteiger partial charge on any atom is 0.296 e. The highest BCUT2D eigenvalue weighted by atomic mass is 32.2. The number of aromatic nitrogens is 1. The first-order valence-corrected chi connectivity index (χ1v) is 18.7. The number of thioether (sulfide) groups is 1. The van der Waals surface area contributed by atoms with E-state index in [2.05, 4.69) is 4.72 Å². The van der Waals surface area contributed by atoms with E-state index in [1.807, 2.05) is 91.9 Å². The van der Waals surface area contributed by atoms with Crippen LogP contribution in [-0.4, -0.2) is 20.6 Å². The molecule has 0 saturated heterocycles. The SMILES string of the molecule is CCC(=C/c1sc2ccc3ccccc3c2[n+]1CS(=O)(=O)NC(C)=O)/C=C1\Sc2ccc3ccccc3c2N1CP(=O)([O-])[O-]. The molecule has 5 aromatic rings. The molecule has 13 heteroatoms. The number of hydrogen-bond acceptors (Lipinski definition) is 9. The first-order valence-electron chi connectivity index (χ1n) is 13.7. The summed E-state index contributed by atoms with van der Waals surface area (Å²) in [7, 11) is -8.97. The van der Waals surface area contributed by atoms with E-state index in [0.29, 0.717) is 22.1 Å². The summed E-state index contributed by atoms with van der Waals surface area (Å²) in [5, 5.41) is 4.80. The second-order valence-electron chi connectivity index (χ2n) is 10.4. The Balaban J connectivity index is 1.51. The second kappa shape index (κ2) is 11.8. The number of nitrogens with one attached hydrogen (secondary N) is 1. The van der Waals surface area contributed by atoms with Crippen molar-refractivity contribution in [2.75, 3.05) is 11.2 Å². The molecule has 9 nitrogen and oxygen atoms in total. The third-order valence-corrected chi connectivity index (χ3v) is 11.2. The van der Waals surface area contributed by atoms with Crippen LogP contribution in [0.3, 0.4) is 0 Å². The van der Waals surface area contributed by atoms with E-state index in [1.54, 1.807) is 9.47 Å². The molecule has 1 aromatic heterocycles. The minimum atomic E-state index is -4.94. The van der Waals surface area contributed by atoms with Crippen molar-refractivity contribution in [3.05, 3.63) is 94.5 Å². The highest BCUT2D eigenvalue weighted by molar-refractivity contribution is 8.03. The lowest BCUT2D eigenvalue weighted by Crippen LogP contribution is -2.44. The molecule has 226 valence electrons. The van der Waals surface area contributed by atoms with Crippen LogP contribution in [0.1, 0.15) is 25.3 Å². The molecule has 0 atom stereocenters. The molecule has 2 heterocycles.